The molecule has 1 heterocycles. The zero-order chi connectivity index (χ0) is 15.2. The molecule has 0 radical (unpaired) electrons. The van der Waals surface area contributed by atoms with Gasteiger partial charge in [-0.1, -0.05) is 38.8 Å². The third kappa shape index (κ3) is 4.28. The monoisotopic (exact) mass is 412 g/mol. The van der Waals surface area contributed by atoms with Gasteiger partial charge in [0.25, 0.3) is 0 Å². The Labute approximate surface area is 142 Å². The lowest BCUT2D eigenvalue weighted by atomic mass is 10.00. The number of nitrogens with one attached hydrogen (secondary N) is 1. The summed E-state index contributed by atoms with van der Waals surface area (Å²) in [6.45, 7) is 5.57. The van der Waals surface area contributed by atoms with Crippen molar-refractivity contribution in [3.05, 3.63) is 56.7 Å². The van der Waals surface area contributed by atoms with Gasteiger partial charge in [0.05, 0.1) is 18.8 Å². The van der Waals surface area contributed by atoms with Crippen LogP contribution in [0.25, 0.3) is 0 Å². The molecule has 2 aromatic rings. The largest absolute Gasteiger partial charge is 0.492 e. The molecule has 1 unspecified atom stereocenters. The standard InChI is InChI=1S/C16H18Br2N2O/c1-3-20-16(14-8-12(17)5-6-15(14)18)11-7-13(21-4-2)10-19-9-11/h5-10,16,20H,3-4H2,1-2H3. The minimum absolute atomic E-state index is 0.0646. The van der Waals surface area contributed by atoms with E-state index < -0.39 is 0 Å². The van der Waals surface area contributed by atoms with Gasteiger partial charge < -0.3 is 10.1 Å². The van der Waals surface area contributed by atoms with Crippen molar-refractivity contribution in [1.82, 2.24) is 10.3 Å². The molecule has 0 fully saturated rings. The van der Waals surface area contributed by atoms with Crippen LogP contribution < -0.4 is 10.1 Å². The minimum Gasteiger partial charge on any atom is -0.492 e. The molecular formula is C16H18Br2N2O. The van der Waals surface area contributed by atoms with E-state index in [1.807, 2.05) is 31.3 Å². The fourth-order valence-corrected chi connectivity index (χ4v) is 3.04. The summed E-state index contributed by atoms with van der Waals surface area (Å²) in [6, 6.07) is 8.28. The number of ether oxygens (including phenoxy) is 1. The van der Waals surface area contributed by atoms with Crippen molar-refractivity contribution in [2.24, 2.45) is 0 Å². The molecule has 1 aromatic carbocycles. The van der Waals surface area contributed by atoms with Gasteiger partial charge >= 0.3 is 0 Å². The van der Waals surface area contributed by atoms with Crippen LogP contribution in [-0.4, -0.2) is 18.1 Å². The van der Waals surface area contributed by atoms with Crippen molar-refractivity contribution in [1.29, 1.82) is 0 Å². The number of hydrogen-bond acceptors (Lipinski definition) is 3. The fraction of sp³-hybridized carbons (Fsp3) is 0.312. The third-order valence-electron chi connectivity index (χ3n) is 3.06. The Morgan fingerprint density at radius 2 is 2.00 bits per heavy atom. The molecule has 0 aliphatic carbocycles. The van der Waals surface area contributed by atoms with Crippen molar-refractivity contribution in [2.75, 3.05) is 13.2 Å². The number of halogens is 2. The van der Waals surface area contributed by atoms with Gasteiger partial charge in [-0.2, -0.15) is 0 Å². The smallest absolute Gasteiger partial charge is 0.137 e. The Bertz CT molecular complexity index is 605. The maximum absolute atomic E-state index is 5.55. The predicted octanol–water partition coefficient (Wildman–Crippen LogP) is 4.70. The summed E-state index contributed by atoms with van der Waals surface area (Å²) in [4.78, 5) is 4.29. The summed E-state index contributed by atoms with van der Waals surface area (Å²) in [6.07, 6.45) is 3.62. The lowest BCUT2D eigenvalue weighted by Crippen LogP contribution is -2.22. The number of pyridine rings is 1. The molecule has 0 spiro atoms. The Hall–Kier alpha value is -0.910. The van der Waals surface area contributed by atoms with Gasteiger partial charge in [0.15, 0.2) is 0 Å². The highest BCUT2D eigenvalue weighted by Crippen LogP contribution is 2.31. The molecule has 112 valence electrons. The summed E-state index contributed by atoms with van der Waals surface area (Å²) in [5, 5.41) is 3.51. The van der Waals surface area contributed by atoms with E-state index >= 15 is 0 Å². The number of hydrogen-bond donors (Lipinski definition) is 1. The summed E-state index contributed by atoms with van der Waals surface area (Å²) in [7, 11) is 0. The van der Waals surface area contributed by atoms with Crippen molar-refractivity contribution < 1.29 is 4.74 Å². The van der Waals surface area contributed by atoms with Gasteiger partial charge in [-0.3, -0.25) is 4.98 Å². The van der Waals surface area contributed by atoms with Crippen molar-refractivity contribution in [2.45, 2.75) is 19.9 Å². The maximum Gasteiger partial charge on any atom is 0.137 e. The molecule has 0 aliphatic rings. The Balaban J connectivity index is 2.42. The molecule has 1 atom stereocenters. The van der Waals surface area contributed by atoms with Crippen LogP contribution in [0.1, 0.15) is 31.0 Å². The van der Waals surface area contributed by atoms with Crippen LogP contribution in [0.3, 0.4) is 0 Å². The van der Waals surface area contributed by atoms with Crippen LogP contribution in [0, 0.1) is 0 Å². The van der Waals surface area contributed by atoms with Gasteiger partial charge in [-0.15, -0.1) is 0 Å². The van der Waals surface area contributed by atoms with E-state index in [1.54, 1.807) is 6.20 Å². The molecule has 0 saturated heterocycles. The Kier molecular flexibility index (Phi) is 6.21. The number of benzene rings is 1. The first kappa shape index (κ1) is 16.5. The van der Waals surface area contributed by atoms with Gasteiger partial charge in [0.2, 0.25) is 0 Å². The highest BCUT2D eigenvalue weighted by atomic mass is 79.9. The van der Waals surface area contributed by atoms with Gasteiger partial charge in [0, 0.05) is 15.1 Å². The number of rotatable bonds is 6. The summed E-state index contributed by atoms with van der Waals surface area (Å²) >= 11 is 7.17. The minimum atomic E-state index is 0.0646. The first-order valence-electron chi connectivity index (χ1n) is 6.91. The van der Waals surface area contributed by atoms with Gasteiger partial charge in [0.1, 0.15) is 5.75 Å². The zero-order valence-electron chi connectivity index (χ0n) is 12.1. The molecule has 0 amide bonds. The van der Waals surface area contributed by atoms with Gasteiger partial charge in [-0.25, -0.2) is 0 Å². The molecular weight excluding hydrogens is 396 g/mol. The summed E-state index contributed by atoms with van der Waals surface area (Å²) in [5.74, 6) is 0.795. The first-order valence-corrected chi connectivity index (χ1v) is 8.50. The van der Waals surface area contributed by atoms with E-state index in [0.717, 1.165) is 26.8 Å². The molecule has 1 N–H and O–H groups in total. The van der Waals surface area contributed by atoms with E-state index in [0.29, 0.717) is 6.61 Å². The van der Waals surface area contributed by atoms with Crippen LogP contribution >= 0.6 is 31.9 Å². The van der Waals surface area contributed by atoms with Crippen LogP contribution in [-0.2, 0) is 0 Å². The van der Waals surface area contributed by atoms with Crippen molar-refractivity contribution in [3.63, 3.8) is 0 Å². The van der Waals surface area contributed by atoms with Crippen LogP contribution in [0.4, 0.5) is 0 Å². The third-order valence-corrected chi connectivity index (χ3v) is 4.27. The molecule has 1 aromatic heterocycles. The molecule has 5 heteroatoms. The zero-order valence-corrected chi connectivity index (χ0v) is 15.2. The molecule has 0 saturated carbocycles. The Morgan fingerprint density at radius 3 is 2.71 bits per heavy atom. The fourth-order valence-electron chi connectivity index (χ4n) is 2.19. The van der Waals surface area contributed by atoms with E-state index in [4.69, 9.17) is 4.74 Å². The number of aromatic nitrogens is 1. The van der Waals surface area contributed by atoms with Crippen LogP contribution in [0.5, 0.6) is 5.75 Å². The quantitative estimate of drug-likeness (QED) is 0.744. The first-order chi connectivity index (χ1) is 10.2. The number of nitrogens with zero attached hydrogens (tertiary/aromatic N) is 1. The summed E-state index contributed by atoms with van der Waals surface area (Å²) in [5.41, 5.74) is 2.25. The average Bonchev–Trinajstić information content (AvgIpc) is 2.48. The topological polar surface area (TPSA) is 34.2 Å². The van der Waals surface area contributed by atoms with Gasteiger partial charge in [-0.05, 0) is 48.9 Å². The second-order valence-corrected chi connectivity index (χ2v) is 6.31. The normalized spacial score (nSPS) is 12.2. The highest BCUT2D eigenvalue weighted by molar-refractivity contribution is 9.11. The van der Waals surface area contributed by atoms with E-state index in [2.05, 4.69) is 55.2 Å². The van der Waals surface area contributed by atoms with Crippen molar-refractivity contribution >= 4 is 31.9 Å². The second-order valence-electron chi connectivity index (χ2n) is 4.54. The molecule has 2 rings (SSSR count). The maximum atomic E-state index is 5.55. The van der Waals surface area contributed by atoms with Crippen LogP contribution in [0.15, 0.2) is 45.6 Å². The summed E-state index contributed by atoms with van der Waals surface area (Å²) < 4.78 is 7.67. The van der Waals surface area contributed by atoms with Crippen molar-refractivity contribution in [3.8, 4) is 5.75 Å². The van der Waals surface area contributed by atoms with E-state index in [-0.39, 0.29) is 6.04 Å². The van der Waals surface area contributed by atoms with E-state index in [1.165, 1.54) is 5.56 Å². The molecule has 0 aliphatic heterocycles. The molecule has 3 nitrogen and oxygen atoms in total. The van der Waals surface area contributed by atoms with E-state index in [9.17, 15) is 0 Å². The molecule has 0 bridgehead atoms. The molecule has 21 heavy (non-hydrogen) atoms. The lowest BCUT2D eigenvalue weighted by molar-refractivity contribution is 0.338. The second kappa shape index (κ2) is 7.92. The average molecular weight is 414 g/mol. The van der Waals surface area contributed by atoms with Crippen LogP contribution in [0.2, 0.25) is 0 Å². The highest BCUT2D eigenvalue weighted by Gasteiger charge is 2.17. The Morgan fingerprint density at radius 1 is 1.19 bits per heavy atom. The SMILES string of the molecule is CCNC(c1cncc(OCC)c1)c1cc(Br)ccc1Br. The lowest BCUT2D eigenvalue weighted by Gasteiger charge is -2.21. The predicted molar refractivity (Wildman–Crippen MR) is 92.8 cm³/mol.